The molecule has 1 amide bonds. The Labute approximate surface area is 194 Å². The van der Waals surface area contributed by atoms with Gasteiger partial charge in [-0.15, -0.1) is 0 Å². The van der Waals surface area contributed by atoms with E-state index in [1.165, 1.54) is 16.4 Å². The molecule has 0 saturated carbocycles. The molecule has 1 atom stereocenters. The highest BCUT2D eigenvalue weighted by atomic mass is 35.5. The number of hydrogen-bond donors (Lipinski definition) is 1. The van der Waals surface area contributed by atoms with E-state index in [0.29, 0.717) is 36.5 Å². The molecular formula is C22H27ClN2O5S2. The van der Waals surface area contributed by atoms with Crippen molar-refractivity contribution in [1.82, 2.24) is 9.62 Å². The highest BCUT2D eigenvalue weighted by molar-refractivity contribution is 7.90. The molecule has 32 heavy (non-hydrogen) atoms. The summed E-state index contributed by atoms with van der Waals surface area (Å²) in [5, 5.41) is 3.51. The van der Waals surface area contributed by atoms with E-state index in [1.807, 2.05) is 6.92 Å². The predicted molar refractivity (Wildman–Crippen MR) is 124 cm³/mol. The number of carbonyl (C=O) groups is 1. The van der Waals surface area contributed by atoms with Crippen LogP contribution in [0.3, 0.4) is 0 Å². The summed E-state index contributed by atoms with van der Waals surface area (Å²) in [5.74, 6) is -0.490. The molecule has 0 spiro atoms. The summed E-state index contributed by atoms with van der Waals surface area (Å²) in [6.45, 7) is 2.43. The largest absolute Gasteiger partial charge is 0.349 e. The van der Waals surface area contributed by atoms with E-state index >= 15 is 0 Å². The summed E-state index contributed by atoms with van der Waals surface area (Å²) in [6, 6.07) is 12.9. The summed E-state index contributed by atoms with van der Waals surface area (Å²) in [7, 11) is -6.74. The van der Waals surface area contributed by atoms with Gasteiger partial charge in [0.1, 0.15) is 0 Å². The Morgan fingerprint density at radius 2 is 1.59 bits per heavy atom. The molecule has 1 aliphatic rings. The lowest BCUT2D eigenvalue weighted by molar-refractivity contribution is -0.126. The molecule has 1 aliphatic heterocycles. The Morgan fingerprint density at radius 1 is 1.03 bits per heavy atom. The minimum absolute atomic E-state index is 0.0957. The SMILES string of the molecule is CC(NC(=O)C1CCN(S(=O)(=O)Cc2ccc(Cl)cc2)CC1)c1ccc(S(C)(=O)=O)cc1. The second kappa shape index (κ2) is 9.91. The molecular weight excluding hydrogens is 472 g/mol. The fourth-order valence-corrected chi connectivity index (χ4v) is 6.02. The number of nitrogens with zero attached hydrogens (tertiary/aromatic N) is 1. The van der Waals surface area contributed by atoms with Crippen molar-refractivity contribution in [2.75, 3.05) is 19.3 Å². The molecule has 2 aromatic rings. The maximum absolute atomic E-state index is 12.7. The normalized spacial score (nSPS) is 17.1. The Bertz CT molecular complexity index is 1160. The molecule has 3 rings (SSSR count). The maximum Gasteiger partial charge on any atom is 0.223 e. The number of halogens is 1. The van der Waals surface area contributed by atoms with E-state index < -0.39 is 19.9 Å². The van der Waals surface area contributed by atoms with Gasteiger partial charge in [0, 0.05) is 30.3 Å². The maximum atomic E-state index is 12.7. The first kappa shape index (κ1) is 24.7. The van der Waals surface area contributed by atoms with Crippen LogP contribution in [0.5, 0.6) is 0 Å². The molecule has 1 unspecified atom stereocenters. The van der Waals surface area contributed by atoms with E-state index in [9.17, 15) is 21.6 Å². The van der Waals surface area contributed by atoms with Crippen LogP contribution in [0.1, 0.15) is 36.9 Å². The first-order chi connectivity index (χ1) is 15.0. The zero-order valence-corrected chi connectivity index (χ0v) is 20.4. The minimum atomic E-state index is -3.47. The fourth-order valence-electron chi connectivity index (χ4n) is 3.70. The van der Waals surface area contributed by atoms with E-state index in [4.69, 9.17) is 11.6 Å². The van der Waals surface area contributed by atoms with Gasteiger partial charge in [0.05, 0.1) is 16.7 Å². The molecule has 2 aromatic carbocycles. The van der Waals surface area contributed by atoms with Crippen molar-refractivity contribution in [3.8, 4) is 0 Å². The second-order valence-electron chi connectivity index (χ2n) is 8.13. The minimum Gasteiger partial charge on any atom is -0.349 e. The molecule has 0 bridgehead atoms. The zero-order valence-electron chi connectivity index (χ0n) is 18.0. The second-order valence-corrected chi connectivity index (χ2v) is 12.5. The van der Waals surface area contributed by atoms with Crippen LogP contribution in [0.2, 0.25) is 5.02 Å². The molecule has 174 valence electrons. The zero-order chi connectivity index (χ0) is 23.5. The van der Waals surface area contributed by atoms with Crippen molar-refractivity contribution in [1.29, 1.82) is 0 Å². The van der Waals surface area contributed by atoms with Crippen LogP contribution in [0.15, 0.2) is 53.4 Å². The Morgan fingerprint density at radius 3 is 2.12 bits per heavy atom. The van der Waals surface area contributed by atoms with Gasteiger partial charge in [-0.05, 0) is 55.2 Å². The molecule has 1 fully saturated rings. The summed E-state index contributed by atoms with van der Waals surface area (Å²) >= 11 is 5.86. The summed E-state index contributed by atoms with van der Waals surface area (Å²) < 4.78 is 50.1. The van der Waals surface area contributed by atoms with Gasteiger partial charge in [0.25, 0.3) is 0 Å². The van der Waals surface area contributed by atoms with Crippen molar-refractivity contribution >= 4 is 37.4 Å². The van der Waals surface area contributed by atoms with Gasteiger partial charge < -0.3 is 5.32 Å². The number of hydrogen-bond acceptors (Lipinski definition) is 5. The third-order valence-corrected chi connectivity index (χ3v) is 8.88. The van der Waals surface area contributed by atoms with Gasteiger partial charge in [0.2, 0.25) is 15.9 Å². The fraction of sp³-hybridized carbons (Fsp3) is 0.409. The summed E-state index contributed by atoms with van der Waals surface area (Å²) in [4.78, 5) is 12.9. The van der Waals surface area contributed by atoms with Gasteiger partial charge in [0.15, 0.2) is 9.84 Å². The van der Waals surface area contributed by atoms with Crippen molar-refractivity contribution < 1.29 is 21.6 Å². The van der Waals surface area contributed by atoms with E-state index in [1.54, 1.807) is 36.4 Å². The topological polar surface area (TPSA) is 101 Å². The van der Waals surface area contributed by atoms with Crippen LogP contribution in [0, 0.1) is 5.92 Å². The molecule has 0 radical (unpaired) electrons. The summed E-state index contributed by atoms with van der Waals surface area (Å²) in [5.41, 5.74) is 1.47. The number of piperidine rings is 1. The summed E-state index contributed by atoms with van der Waals surface area (Å²) in [6.07, 6.45) is 2.05. The van der Waals surface area contributed by atoms with Gasteiger partial charge in [-0.2, -0.15) is 0 Å². The smallest absolute Gasteiger partial charge is 0.223 e. The van der Waals surface area contributed by atoms with E-state index in [2.05, 4.69) is 5.32 Å². The predicted octanol–water partition coefficient (Wildman–Crippen LogP) is 3.16. The van der Waals surface area contributed by atoms with Crippen molar-refractivity contribution in [3.05, 3.63) is 64.7 Å². The number of nitrogens with one attached hydrogen (secondary N) is 1. The quantitative estimate of drug-likeness (QED) is 0.632. The van der Waals surface area contributed by atoms with Crippen LogP contribution in [-0.4, -0.2) is 46.4 Å². The van der Waals surface area contributed by atoms with Gasteiger partial charge >= 0.3 is 0 Å². The molecule has 7 nitrogen and oxygen atoms in total. The molecule has 1 heterocycles. The van der Waals surface area contributed by atoms with Crippen LogP contribution in [0.25, 0.3) is 0 Å². The highest BCUT2D eigenvalue weighted by Gasteiger charge is 2.31. The molecule has 10 heteroatoms. The van der Waals surface area contributed by atoms with Crippen molar-refractivity contribution in [2.24, 2.45) is 5.92 Å². The Kier molecular flexibility index (Phi) is 7.65. The van der Waals surface area contributed by atoms with Crippen LogP contribution in [0.4, 0.5) is 0 Å². The lowest BCUT2D eigenvalue weighted by Gasteiger charge is -2.31. The molecule has 1 N–H and O–H groups in total. The van der Waals surface area contributed by atoms with Gasteiger partial charge in [-0.3, -0.25) is 4.79 Å². The third-order valence-electron chi connectivity index (χ3n) is 5.65. The number of rotatable bonds is 7. The monoisotopic (exact) mass is 498 g/mol. The molecule has 1 saturated heterocycles. The Hall–Kier alpha value is -1.94. The average Bonchev–Trinajstić information content (AvgIpc) is 2.75. The highest BCUT2D eigenvalue weighted by Crippen LogP contribution is 2.24. The number of carbonyl (C=O) groups excluding carboxylic acids is 1. The van der Waals surface area contributed by atoms with Gasteiger partial charge in [-0.25, -0.2) is 21.1 Å². The lowest BCUT2D eigenvalue weighted by Crippen LogP contribution is -2.43. The van der Waals surface area contributed by atoms with Crippen LogP contribution < -0.4 is 5.32 Å². The average molecular weight is 499 g/mol. The lowest BCUT2D eigenvalue weighted by atomic mass is 9.96. The molecule has 0 aliphatic carbocycles. The van der Waals surface area contributed by atoms with Gasteiger partial charge in [-0.1, -0.05) is 35.9 Å². The van der Waals surface area contributed by atoms with E-state index in [-0.39, 0.29) is 28.5 Å². The van der Waals surface area contributed by atoms with Crippen LogP contribution in [-0.2, 0) is 30.4 Å². The standard InChI is InChI=1S/C22H27ClN2O5S2/c1-16(18-5-9-21(10-6-18)31(2,27)28)24-22(26)19-11-13-25(14-12-19)32(29,30)15-17-3-7-20(23)8-4-17/h3-10,16,19H,11-15H2,1-2H3,(H,24,26). The number of amides is 1. The van der Waals surface area contributed by atoms with Crippen molar-refractivity contribution in [3.63, 3.8) is 0 Å². The molecule has 0 aromatic heterocycles. The van der Waals surface area contributed by atoms with Crippen molar-refractivity contribution in [2.45, 2.75) is 36.5 Å². The number of sulfonamides is 1. The first-order valence-corrected chi connectivity index (χ1v) is 14.2. The third kappa shape index (κ3) is 6.31. The van der Waals surface area contributed by atoms with Crippen LogP contribution >= 0.6 is 11.6 Å². The first-order valence-electron chi connectivity index (χ1n) is 10.3. The number of benzene rings is 2. The number of sulfone groups is 1. The Balaban J connectivity index is 1.54. The van der Waals surface area contributed by atoms with E-state index in [0.717, 1.165) is 11.8 Å².